The van der Waals surface area contributed by atoms with Crippen LogP contribution in [0.2, 0.25) is 0 Å². The lowest BCUT2D eigenvalue weighted by atomic mass is 10.1. The Morgan fingerprint density at radius 2 is 1.81 bits per heavy atom. The SMILES string of the molecule is COc1cc2nc(CN(CCO)[C@@H]3CS(=O)(=O)C[C@@H]3O)nc(N3CCCC3)c2cc1OC. The highest BCUT2D eigenvalue weighted by Crippen LogP contribution is 2.36. The predicted octanol–water partition coefficient (Wildman–Crippen LogP) is 0.199. The van der Waals surface area contributed by atoms with Gasteiger partial charge in [0.1, 0.15) is 11.6 Å². The van der Waals surface area contributed by atoms with E-state index in [0.717, 1.165) is 37.1 Å². The third-order valence-electron chi connectivity index (χ3n) is 6.13. The Bertz CT molecular complexity index is 1070. The molecule has 0 aliphatic carbocycles. The molecule has 10 nitrogen and oxygen atoms in total. The molecule has 32 heavy (non-hydrogen) atoms. The zero-order valence-electron chi connectivity index (χ0n) is 18.4. The first-order valence-corrected chi connectivity index (χ1v) is 12.6. The van der Waals surface area contributed by atoms with Gasteiger partial charge >= 0.3 is 0 Å². The lowest BCUT2D eigenvalue weighted by molar-refractivity contribution is 0.0640. The Morgan fingerprint density at radius 3 is 2.41 bits per heavy atom. The van der Waals surface area contributed by atoms with Crippen molar-refractivity contribution in [3.63, 3.8) is 0 Å². The van der Waals surface area contributed by atoms with Crippen molar-refractivity contribution in [2.45, 2.75) is 31.5 Å². The zero-order valence-corrected chi connectivity index (χ0v) is 19.2. The van der Waals surface area contributed by atoms with Crippen molar-refractivity contribution in [3.05, 3.63) is 18.0 Å². The molecule has 1 aromatic carbocycles. The normalized spacial score (nSPS) is 22.7. The standard InChI is InChI=1S/C21H30N4O6S/c1-30-18-9-14-15(10-19(18)31-2)22-20(23-21(14)24-5-3-4-6-24)11-25(7-8-26)16-12-32(28,29)13-17(16)27/h9-10,16-17,26-27H,3-8,11-13H2,1-2H3/t16-,17+/m1/s1. The molecule has 0 unspecified atom stereocenters. The van der Waals surface area contributed by atoms with Crippen LogP contribution in [-0.4, -0.2) is 97.6 Å². The molecule has 0 saturated carbocycles. The predicted molar refractivity (Wildman–Crippen MR) is 120 cm³/mol. The van der Waals surface area contributed by atoms with Crippen molar-refractivity contribution in [2.75, 3.05) is 56.9 Å². The number of fused-ring (bicyclic) bond motifs is 1. The molecule has 4 rings (SSSR count). The van der Waals surface area contributed by atoms with Crippen LogP contribution in [0.1, 0.15) is 18.7 Å². The van der Waals surface area contributed by atoms with Gasteiger partial charge in [-0.15, -0.1) is 0 Å². The molecule has 2 N–H and O–H groups in total. The molecule has 0 bridgehead atoms. The molecular formula is C21H30N4O6S. The zero-order chi connectivity index (χ0) is 22.9. The number of aromatic nitrogens is 2. The summed E-state index contributed by atoms with van der Waals surface area (Å²) in [5.41, 5.74) is 0.693. The van der Waals surface area contributed by atoms with Crippen LogP contribution in [0.15, 0.2) is 12.1 Å². The van der Waals surface area contributed by atoms with E-state index < -0.39 is 22.0 Å². The van der Waals surface area contributed by atoms with Gasteiger partial charge in [-0.3, -0.25) is 4.90 Å². The number of hydrogen-bond donors (Lipinski definition) is 2. The van der Waals surface area contributed by atoms with Crippen molar-refractivity contribution in [1.82, 2.24) is 14.9 Å². The second-order valence-electron chi connectivity index (χ2n) is 8.29. The second-order valence-corrected chi connectivity index (χ2v) is 10.4. The maximum Gasteiger partial charge on any atom is 0.162 e. The van der Waals surface area contributed by atoms with Crippen LogP contribution in [0.5, 0.6) is 11.5 Å². The number of aliphatic hydroxyl groups excluding tert-OH is 2. The quantitative estimate of drug-likeness (QED) is 0.557. The van der Waals surface area contributed by atoms with Crippen LogP contribution in [0, 0.1) is 0 Å². The van der Waals surface area contributed by atoms with Gasteiger partial charge < -0.3 is 24.6 Å². The topological polar surface area (TPSA) is 125 Å². The van der Waals surface area contributed by atoms with Gasteiger partial charge in [0.2, 0.25) is 0 Å². The Morgan fingerprint density at radius 1 is 1.12 bits per heavy atom. The number of rotatable bonds is 8. The number of ether oxygens (including phenoxy) is 2. The molecule has 0 radical (unpaired) electrons. The maximum atomic E-state index is 12.0. The molecule has 0 spiro atoms. The van der Waals surface area contributed by atoms with Gasteiger partial charge in [-0.25, -0.2) is 18.4 Å². The van der Waals surface area contributed by atoms with Crippen LogP contribution in [-0.2, 0) is 16.4 Å². The van der Waals surface area contributed by atoms with Crippen molar-refractivity contribution in [2.24, 2.45) is 0 Å². The number of aliphatic hydroxyl groups is 2. The molecular weight excluding hydrogens is 436 g/mol. The number of sulfone groups is 1. The van der Waals surface area contributed by atoms with Crippen molar-refractivity contribution >= 4 is 26.6 Å². The number of benzene rings is 1. The van der Waals surface area contributed by atoms with Crippen molar-refractivity contribution < 1.29 is 28.1 Å². The summed E-state index contributed by atoms with van der Waals surface area (Å²) in [7, 11) is -0.173. The summed E-state index contributed by atoms with van der Waals surface area (Å²) >= 11 is 0. The highest BCUT2D eigenvalue weighted by atomic mass is 32.2. The third-order valence-corrected chi connectivity index (χ3v) is 7.83. The van der Waals surface area contributed by atoms with Crippen molar-refractivity contribution in [3.8, 4) is 11.5 Å². The second kappa shape index (κ2) is 9.34. The van der Waals surface area contributed by atoms with Crippen LogP contribution in [0.25, 0.3) is 10.9 Å². The van der Waals surface area contributed by atoms with Gasteiger partial charge in [0.15, 0.2) is 21.3 Å². The fourth-order valence-electron chi connectivity index (χ4n) is 4.56. The average Bonchev–Trinajstić information content (AvgIpc) is 3.39. The molecule has 0 amide bonds. The van der Waals surface area contributed by atoms with Crippen molar-refractivity contribution in [1.29, 1.82) is 0 Å². The van der Waals surface area contributed by atoms with E-state index in [1.54, 1.807) is 19.1 Å². The van der Waals surface area contributed by atoms with Gasteiger partial charge in [0.05, 0.1) is 56.5 Å². The summed E-state index contributed by atoms with van der Waals surface area (Å²) in [6.45, 7) is 2.03. The highest BCUT2D eigenvalue weighted by molar-refractivity contribution is 7.91. The van der Waals surface area contributed by atoms with E-state index in [4.69, 9.17) is 19.4 Å². The van der Waals surface area contributed by atoms with E-state index in [0.29, 0.717) is 22.8 Å². The number of anilines is 1. The van der Waals surface area contributed by atoms with E-state index in [1.807, 2.05) is 12.1 Å². The Kier molecular flexibility index (Phi) is 6.70. The summed E-state index contributed by atoms with van der Waals surface area (Å²) in [6, 6.07) is 3.08. The monoisotopic (exact) mass is 466 g/mol. The minimum Gasteiger partial charge on any atom is -0.493 e. The Hall–Kier alpha value is -2.21. The molecule has 2 fully saturated rings. The number of methoxy groups -OCH3 is 2. The maximum absolute atomic E-state index is 12.0. The van der Waals surface area contributed by atoms with E-state index in [2.05, 4.69) is 4.90 Å². The summed E-state index contributed by atoms with van der Waals surface area (Å²) in [5, 5.41) is 20.8. The van der Waals surface area contributed by atoms with E-state index in [-0.39, 0.29) is 31.2 Å². The number of hydrogen-bond acceptors (Lipinski definition) is 10. The molecule has 2 aliphatic heterocycles. The minimum atomic E-state index is -3.33. The molecule has 176 valence electrons. The molecule has 2 saturated heterocycles. The fourth-order valence-corrected chi connectivity index (χ4v) is 6.39. The van der Waals surface area contributed by atoms with Crippen LogP contribution < -0.4 is 14.4 Å². The minimum absolute atomic E-state index is 0.147. The van der Waals surface area contributed by atoms with E-state index in [9.17, 15) is 18.6 Å². The summed E-state index contributed by atoms with van der Waals surface area (Å²) in [6.07, 6.45) is 1.16. The van der Waals surface area contributed by atoms with Gasteiger partial charge in [0, 0.05) is 31.1 Å². The fraction of sp³-hybridized carbons (Fsp3) is 0.619. The number of nitrogens with zero attached hydrogens (tertiary/aromatic N) is 4. The summed E-state index contributed by atoms with van der Waals surface area (Å²) in [5.74, 6) is 2.03. The van der Waals surface area contributed by atoms with Gasteiger partial charge in [-0.2, -0.15) is 0 Å². The lowest BCUT2D eigenvalue weighted by Gasteiger charge is -2.29. The van der Waals surface area contributed by atoms with E-state index >= 15 is 0 Å². The first-order valence-electron chi connectivity index (χ1n) is 10.8. The Labute approximate surface area is 187 Å². The first kappa shape index (κ1) is 23.0. The molecule has 2 aliphatic rings. The summed E-state index contributed by atoms with van der Waals surface area (Å²) in [4.78, 5) is 13.5. The lowest BCUT2D eigenvalue weighted by Crippen LogP contribution is -2.44. The van der Waals surface area contributed by atoms with Crippen LogP contribution in [0.3, 0.4) is 0 Å². The van der Waals surface area contributed by atoms with Gasteiger partial charge in [-0.05, 0) is 18.9 Å². The molecule has 1 aromatic heterocycles. The molecule has 2 atom stereocenters. The molecule has 2 aromatic rings. The Balaban J connectivity index is 1.75. The van der Waals surface area contributed by atoms with Gasteiger partial charge in [0.25, 0.3) is 0 Å². The average molecular weight is 467 g/mol. The molecule has 3 heterocycles. The summed E-state index contributed by atoms with van der Waals surface area (Å²) < 4.78 is 35.0. The third kappa shape index (κ3) is 4.61. The van der Waals surface area contributed by atoms with Crippen LogP contribution in [0.4, 0.5) is 5.82 Å². The van der Waals surface area contributed by atoms with Crippen LogP contribution >= 0.6 is 0 Å². The highest BCUT2D eigenvalue weighted by Gasteiger charge is 2.40. The first-order chi connectivity index (χ1) is 15.3. The van der Waals surface area contributed by atoms with E-state index in [1.165, 1.54) is 0 Å². The smallest absolute Gasteiger partial charge is 0.162 e. The van der Waals surface area contributed by atoms with Gasteiger partial charge in [-0.1, -0.05) is 0 Å². The molecule has 11 heteroatoms. The largest absolute Gasteiger partial charge is 0.493 e.